The van der Waals surface area contributed by atoms with Gasteiger partial charge in [0, 0.05) is 44.6 Å². The molecular formula is C23H24IN5O. The van der Waals surface area contributed by atoms with E-state index in [1.54, 1.807) is 13.3 Å². The number of nitrogens with zero attached hydrogens (tertiary/aromatic N) is 4. The zero-order valence-corrected chi connectivity index (χ0v) is 19.9. The lowest BCUT2D eigenvalue weighted by molar-refractivity contribution is 0.184. The van der Waals surface area contributed by atoms with E-state index in [2.05, 4.69) is 93.8 Å². The van der Waals surface area contributed by atoms with Gasteiger partial charge in [-0.25, -0.2) is 4.98 Å². The van der Waals surface area contributed by atoms with Crippen LogP contribution < -0.4 is 5.43 Å². The highest BCUT2D eigenvalue weighted by Gasteiger charge is 2.12. The number of ether oxygens (including phenoxy) is 1. The highest BCUT2D eigenvalue weighted by atomic mass is 127. The molecule has 7 heteroatoms. The minimum Gasteiger partial charge on any atom is -0.380 e. The fraction of sp³-hybridized carbons (Fsp3) is 0.261. The second-order valence-electron chi connectivity index (χ2n) is 7.16. The fourth-order valence-corrected chi connectivity index (χ4v) is 3.80. The molecular weight excluding hydrogens is 489 g/mol. The van der Waals surface area contributed by atoms with Crippen LogP contribution in [-0.2, 0) is 11.3 Å². The van der Waals surface area contributed by atoms with Crippen molar-refractivity contribution >= 4 is 34.6 Å². The zero-order valence-electron chi connectivity index (χ0n) is 17.7. The number of hydrogen-bond acceptors (Lipinski definition) is 5. The first-order chi connectivity index (χ1) is 14.3. The maximum atomic E-state index is 9.54. The molecule has 0 atom stereocenters. The number of nitrogens with one attached hydrogen (secondary N) is 1. The summed E-state index contributed by atoms with van der Waals surface area (Å²) in [5.41, 5.74) is 10.6. The summed E-state index contributed by atoms with van der Waals surface area (Å²) in [6.45, 7) is 8.50. The normalized spacial score (nSPS) is 11.1. The number of aromatic nitrogens is 2. The van der Waals surface area contributed by atoms with Gasteiger partial charge in [0.25, 0.3) is 0 Å². The van der Waals surface area contributed by atoms with Gasteiger partial charge < -0.3 is 9.30 Å². The number of aryl methyl sites for hydroxylation is 3. The third-order valence-corrected chi connectivity index (χ3v) is 6.10. The highest BCUT2D eigenvalue weighted by Crippen LogP contribution is 2.23. The van der Waals surface area contributed by atoms with E-state index in [1.165, 1.54) is 9.13 Å². The van der Waals surface area contributed by atoms with Crippen molar-refractivity contribution in [1.82, 2.24) is 9.55 Å². The van der Waals surface area contributed by atoms with E-state index in [-0.39, 0.29) is 0 Å². The number of benzene rings is 1. The van der Waals surface area contributed by atoms with Crippen molar-refractivity contribution in [3.63, 3.8) is 0 Å². The van der Waals surface area contributed by atoms with Gasteiger partial charge in [-0.3, -0.25) is 5.43 Å². The molecule has 0 radical (unpaired) electrons. The van der Waals surface area contributed by atoms with E-state index < -0.39 is 0 Å². The summed E-state index contributed by atoms with van der Waals surface area (Å²) < 4.78 is 8.66. The monoisotopic (exact) mass is 513 g/mol. The molecule has 2 heterocycles. The smallest absolute Gasteiger partial charge is 0.164 e. The minimum atomic E-state index is 0.348. The summed E-state index contributed by atoms with van der Waals surface area (Å²) in [6, 6.07) is 12.6. The molecule has 0 unspecified atom stereocenters. The van der Waals surface area contributed by atoms with Crippen LogP contribution >= 0.6 is 22.6 Å². The van der Waals surface area contributed by atoms with Crippen molar-refractivity contribution in [1.29, 1.82) is 5.26 Å². The molecule has 0 saturated heterocycles. The Morgan fingerprint density at radius 3 is 2.67 bits per heavy atom. The Bertz CT molecular complexity index is 1160. The van der Waals surface area contributed by atoms with Crippen LogP contribution in [0.2, 0.25) is 0 Å². The number of rotatable bonds is 6. The Balaban J connectivity index is 1.90. The Labute approximate surface area is 190 Å². The maximum absolute atomic E-state index is 9.54. The average molecular weight is 513 g/mol. The van der Waals surface area contributed by atoms with Crippen LogP contribution in [0, 0.1) is 42.6 Å². The quantitative estimate of drug-likeness (QED) is 0.280. The van der Waals surface area contributed by atoms with E-state index in [0.29, 0.717) is 18.0 Å². The van der Waals surface area contributed by atoms with E-state index in [4.69, 9.17) is 4.74 Å². The Hall–Kier alpha value is -2.70. The van der Waals surface area contributed by atoms with Crippen molar-refractivity contribution < 1.29 is 4.74 Å². The van der Waals surface area contributed by atoms with Gasteiger partial charge in [0.15, 0.2) is 5.82 Å². The largest absolute Gasteiger partial charge is 0.380 e. The summed E-state index contributed by atoms with van der Waals surface area (Å²) in [6.07, 6.45) is 1.76. The highest BCUT2D eigenvalue weighted by molar-refractivity contribution is 14.1. The number of hydrogen-bond donors (Lipinski definition) is 1. The summed E-state index contributed by atoms with van der Waals surface area (Å²) in [4.78, 5) is 4.42. The SMILES string of the molecule is COCc1cc(C)nc(NN=Cc2cc(C)n(-c3ccc(I)c(C)c3)c2C)c1C#N. The summed E-state index contributed by atoms with van der Waals surface area (Å²) in [7, 11) is 1.60. The molecule has 0 amide bonds. The van der Waals surface area contributed by atoms with Crippen LogP contribution in [0.3, 0.4) is 0 Å². The van der Waals surface area contributed by atoms with Crippen LogP contribution in [0.5, 0.6) is 0 Å². The Kier molecular flexibility index (Phi) is 6.90. The molecule has 2 aromatic heterocycles. The summed E-state index contributed by atoms with van der Waals surface area (Å²) in [5, 5.41) is 13.9. The fourth-order valence-electron chi connectivity index (χ4n) is 3.46. The van der Waals surface area contributed by atoms with E-state index in [1.807, 2.05) is 13.0 Å². The molecule has 6 nitrogen and oxygen atoms in total. The molecule has 0 aliphatic carbocycles. The summed E-state index contributed by atoms with van der Waals surface area (Å²) >= 11 is 2.35. The molecule has 3 rings (SSSR count). The molecule has 0 aliphatic heterocycles. The molecule has 1 aromatic carbocycles. The number of nitriles is 1. The van der Waals surface area contributed by atoms with Crippen molar-refractivity contribution in [2.24, 2.45) is 5.10 Å². The lowest BCUT2D eigenvalue weighted by Gasteiger charge is -2.11. The first-order valence-corrected chi connectivity index (χ1v) is 10.6. The number of halogens is 1. The molecule has 30 heavy (non-hydrogen) atoms. The molecule has 3 aromatic rings. The predicted octanol–water partition coefficient (Wildman–Crippen LogP) is 5.17. The van der Waals surface area contributed by atoms with Gasteiger partial charge in [-0.1, -0.05) is 0 Å². The van der Waals surface area contributed by atoms with E-state index >= 15 is 0 Å². The number of pyridine rings is 1. The number of hydrazone groups is 1. The van der Waals surface area contributed by atoms with Crippen LogP contribution in [0.25, 0.3) is 5.69 Å². The van der Waals surface area contributed by atoms with Crippen LogP contribution in [0.1, 0.15) is 39.3 Å². The zero-order chi connectivity index (χ0) is 21.8. The molecule has 0 bridgehead atoms. The second kappa shape index (κ2) is 9.41. The van der Waals surface area contributed by atoms with Gasteiger partial charge in [-0.2, -0.15) is 10.4 Å². The Morgan fingerprint density at radius 2 is 2.00 bits per heavy atom. The number of methoxy groups -OCH3 is 1. The average Bonchev–Trinajstić information content (AvgIpc) is 2.98. The van der Waals surface area contributed by atoms with Crippen LogP contribution in [0.4, 0.5) is 5.82 Å². The van der Waals surface area contributed by atoms with Gasteiger partial charge in [0.1, 0.15) is 11.6 Å². The number of anilines is 1. The van der Waals surface area contributed by atoms with Gasteiger partial charge >= 0.3 is 0 Å². The topological polar surface area (TPSA) is 75.2 Å². The van der Waals surface area contributed by atoms with Gasteiger partial charge in [-0.05, 0) is 86.2 Å². The van der Waals surface area contributed by atoms with Crippen molar-refractivity contribution in [3.05, 3.63) is 73.2 Å². The van der Waals surface area contributed by atoms with Gasteiger partial charge in [0.2, 0.25) is 0 Å². The molecule has 1 N–H and O–H groups in total. The maximum Gasteiger partial charge on any atom is 0.164 e. The first kappa shape index (κ1) is 22.0. The molecule has 0 spiro atoms. The van der Waals surface area contributed by atoms with Gasteiger partial charge in [0.05, 0.1) is 12.8 Å². The molecule has 0 saturated carbocycles. The third kappa shape index (κ3) is 4.55. The third-order valence-electron chi connectivity index (χ3n) is 4.88. The Morgan fingerprint density at radius 1 is 1.23 bits per heavy atom. The molecule has 0 aliphatic rings. The summed E-state index contributed by atoms with van der Waals surface area (Å²) in [5.74, 6) is 0.433. The lowest BCUT2D eigenvalue weighted by atomic mass is 10.1. The van der Waals surface area contributed by atoms with E-state index in [0.717, 1.165) is 33.9 Å². The molecule has 154 valence electrons. The second-order valence-corrected chi connectivity index (χ2v) is 8.32. The van der Waals surface area contributed by atoms with Crippen molar-refractivity contribution in [2.75, 3.05) is 12.5 Å². The predicted molar refractivity (Wildman–Crippen MR) is 128 cm³/mol. The minimum absolute atomic E-state index is 0.348. The van der Waals surface area contributed by atoms with Crippen LogP contribution in [0.15, 0.2) is 35.4 Å². The lowest BCUT2D eigenvalue weighted by Crippen LogP contribution is -2.04. The van der Waals surface area contributed by atoms with E-state index in [9.17, 15) is 5.26 Å². The first-order valence-electron chi connectivity index (χ1n) is 9.49. The van der Waals surface area contributed by atoms with Crippen molar-refractivity contribution in [3.8, 4) is 11.8 Å². The van der Waals surface area contributed by atoms with Crippen molar-refractivity contribution in [2.45, 2.75) is 34.3 Å². The standard InChI is InChI=1S/C23H24IN5O/c1-14-8-20(6-7-22(14)24)29-16(3)10-18(17(29)4)12-26-28-23-21(11-25)19(13-30-5)9-15(2)27-23/h6-10,12H,13H2,1-5H3,(H,27,28). The molecule has 0 fully saturated rings. The van der Waals surface area contributed by atoms with Crippen LogP contribution in [-0.4, -0.2) is 22.9 Å². The van der Waals surface area contributed by atoms with Gasteiger partial charge in [-0.15, -0.1) is 0 Å².